The second-order valence-electron chi connectivity index (χ2n) is 7.72. The molecule has 0 saturated heterocycles. The first-order valence-corrected chi connectivity index (χ1v) is 12.1. The van der Waals surface area contributed by atoms with Gasteiger partial charge in [-0.1, -0.05) is 84.6 Å². The van der Waals surface area contributed by atoms with Crippen molar-refractivity contribution in [1.29, 1.82) is 0 Å². The van der Waals surface area contributed by atoms with E-state index < -0.39 is 0 Å². The number of hydrogen-bond donors (Lipinski definition) is 0. The standard InChI is InChI=1S/C24H41OP/c1-4-7-10-13-16-21-19-20-24(26-25)23(18-15-12-9-6-3)22(21)17-14-11-8-5-2/h19-20H,4-18H2,1-3H3. The number of benzene rings is 1. The van der Waals surface area contributed by atoms with E-state index >= 15 is 0 Å². The van der Waals surface area contributed by atoms with Crippen molar-refractivity contribution in [3.63, 3.8) is 0 Å². The Labute approximate surface area is 164 Å². The number of rotatable bonds is 16. The summed E-state index contributed by atoms with van der Waals surface area (Å²) in [4.78, 5) is 0. The van der Waals surface area contributed by atoms with Crippen LogP contribution < -0.4 is 5.30 Å². The Balaban J connectivity index is 2.91. The smallest absolute Gasteiger partial charge is 0.192 e. The zero-order valence-electron chi connectivity index (χ0n) is 17.6. The quantitative estimate of drug-likeness (QED) is 0.211. The van der Waals surface area contributed by atoms with Gasteiger partial charge >= 0.3 is 0 Å². The van der Waals surface area contributed by atoms with Crippen LogP contribution in [0.25, 0.3) is 0 Å². The van der Waals surface area contributed by atoms with Crippen LogP contribution >= 0.6 is 8.46 Å². The Hall–Kier alpha value is -0.680. The second kappa shape index (κ2) is 15.4. The minimum absolute atomic E-state index is 0.200. The highest BCUT2D eigenvalue weighted by atomic mass is 31.1. The highest BCUT2D eigenvalue weighted by Gasteiger charge is 2.13. The third-order valence-corrected chi connectivity index (χ3v) is 6.08. The Morgan fingerprint density at radius 2 is 1.12 bits per heavy atom. The lowest BCUT2D eigenvalue weighted by Crippen LogP contribution is -2.11. The Bertz CT molecular complexity index is 495. The maximum atomic E-state index is 11.8. The summed E-state index contributed by atoms with van der Waals surface area (Å²) >= 11 is 0. The number of hydrogen-bond acceptors (Lipinski definition) is 1. The molecule has 0 N–H and O–H groups in total. The van der Waals surface area contributed by atoms with Crippen LogP contribution in [0.15, 0.2) is 12.1 Å². The van der Waals surface area contributed by atoms with E-state index in [2.05, 4.69) is 32.9 Å². The summed E-state index contributed by atoms with van der Waals surface area (Å²) in [6, 6.07) is 4.41. The summed E-state index contributed by atoms with van der Waals surface area (Å²) in [5.74, 6) is 0. The van der Waals surface area contributed by atoms with E-state index in [4.69, 9.17) is 0 Å². The van der Waals surface area contributed by atoms with Crippen LogP contribution in [0.2, 0.25) is 0 Å². The topological polar surface area (TPSA) is 17.1 Å². The first-order chi connectivity index (χ1) is 12.8. The maximum Gasteiger partial charge on any atom is 0.192 e. The van der Waals surface area contributed by atoms with Gasteiger partial charge in [0.15, 0.2) is 8.46 Å². The lowest BCUT2D eigenvalue weighted by Gasteiger charge is -2.17. The van der Waals surface area contributed by atoms with E-state index in [0.717, 1.165) is 11.7 Å². The third kappa shape index (κ3) is 8.81. The summed E-state index contributed by atoms with van der Waals surface area (Å²) in [5, 5.41) is 1.05. The Morgan fingerprint density at radius 1 is 0.615 bits per heavy atom. The molecule has 0 saturated carbocycles. The van der Waals surface area contributed by atoms with Crippen LogP contribution in [0.4, 0.5) is 0 Å². The maximum absolute atomic E-state index is 11.8. The largest absolute Gasteiger partial charge is 0.269 e. The highest BCUT2D eigenvalue weighted by molar-refractivity contribution is 7.34. The molecule has 26 heavy (non-hydrogen) atoms. The van der Waals surface area contributed by atoms with Crippen molar-refractivity contribution in [3.05, 3.63) is 28.8 Å². The van der Waals surface area contributed by atoms with Crippen LogP contribution in [0.3, 0.4) is 0 Å². The van der Waals surface area contributed by atoms with E-state index in [1.807, 2.05) is 0 Å². The summed E-state index contributed by atoms with van der Waals surface area (Å²) in [7, 11) is 0.200. The van der Waals surface area contributed by atoms with Crippen LogP contribution in [0.5, 0.6) is 0 Å². The van der Waals surface area contributed by atoms with Crippen molar-refractivity contribution in [3.8, 4) is 0 Å². The predicted molar refractivity (Wildman–Crippen MR) is 117 cm³/mol. The molecule has 0 radical (unpaired) electrons. The van der Waals surface area contributed by atoms with Gasteiger partial charge in [0.05, 0.1) is 0 Å². The van der Waals surface area contributed by atoms with Crippen LogP contribution in [0, 0.1) is 0 Å². The monoisotopic (exact) mass is 376 g/mol. The van der Waals surface area contributed by atoms with E-state index in [-0.39, 0.29) is 8.46 Å². The lowest BCUT2D eigenvalue weighted by atomic mass is 9.90. The van der Waals surface area contributed by atoms with Crippen molar-refractivity contribution in [2.45, 2.75) is 117 Å². The molecule has 0 spiro atoms. The van der Waals surface area contributed by atoms with Gasteiger partial charge in [0, 0.05) is 5.30 Å². The molecule has 1 rings (SSSR count). The van der Waals surface area contributed by atoms with Gasteiger partial charge in [-0.3, -0.25) is 4.57 Å². The summed E-state index contributed by atoms with van der Waals surface area (Å²) in [5.41, 5.74) is 4.51. The Kier molecular flexibility index (Phi) is 13.8. The molecule has 0 aliphatic carbocycles. The molecule has 148 valence electrons. The fourth-order valence-corrected chi connectivity index (χ4v) is 4.33. The molecule has 0 unspecified atom stereocenters. The van der Waals surface area contributed by atoms with E-state index in [9.17, 15) is 4.57 Å². The van der Waals surface area contributed by atoms with Gasteiger partial charge in [-0.05, 0) is 61.3 Å². The molecule has 0 aliphatic heterocycles. The lowest BCUT2D eigenvalue weighted by molar-refractivity contribution is 0.602. The Morgan fingerprint density at radius 3 is 1.62 bits per heavy atom. The van der Waals surface area contributed by atoms with Gasteiger partial charge in [0.2, 0.25) is 0 Å². The van der Waals surface area contributed by atoms with Gasteiger partial charge in [0.1, 0.15) is 0 Å². The molecular weight excluding hydrogens is 335 g/mol. The minimum atomic E-state index is 0.200. The molecule has 0 bridgehead atoms. The van der Waals surface area contributed by atoms with Crippen molar-refractivity contribution >= 4 is 13.8 Å². The van der Waals surface area contributed by atoms with Gasteiger partial charge in [-0.2, -0.15) is 0 Å². The molecule has 0 heterocycles. The molecule has 0 aromatic heterocycles. The van der Waals surface area contributed by atoms with Crippen LogP contribution in [-0.2, 0) is 23.8 Å². The normalized spacial score (nSPS) is 11.3. The van der Waals surface area contributed by atoms with Crippen molar-refractivity contribution in [2.24, 2.45) is 0 Å². The number of aryl methyl sites for hydroxylation is 1. The highest BCUT2D eigenvalue weighted by Crippen LogP contribution is 2.24. The molecule has 0 amide bonds. The van der Waals surface area contributed by atoms with Crippen molar-refractivity contribution in [2.75, 3.05) is 0 Å². The average Bonchev–Trinajstić information content (AvgIpc) is 2.66. The van der Waals surface area contributed by atoms with E-state index in [1.165, 1.54) is 101 Å². The van der Waals surface area contributed by atoms with E-state index in [0.29, 0.717) is 0 Å². The van der Waals surface area contributed by atoms with Gasteiger partial charge in [-0.15, -0.1) is 0 Å². The fourth-order valence-electron chi connectivity index (χ4n) is 3.84. The summed E-state index contributed by atoms with van der Waals surface area (Å²) in [6.45, 7) is 6.81. The number of unbranched alkanes of at least 4 members (excludes halogenated alkanes) is 9. The molecule has 2 heteroatoms. The molecule has 0 aliphatic rings. The fraction of sp³-hybridized carbons (Fsp3) is 0.750. The van der Waals surface area contributed by atoms with Gasteiger partial charge in [-0.25, -0.2) is 0 Å². The molecule has 1 aromatic carbocycles. The molecular formula is C24H41OP. The second-order valence-corrected chi connectivity index (χ2v) is 8.39. The zero-order valence-corrected chi connectivity index (χ0v) is 18.5. The predicted octanol–water partition coefficient (Wildman–Crippen LogP) is 7.97. The average molecular weight is 377 g/mol. The first-order valence-electron chi connectivity index (χ1n) is 11.2. The van der Waals surface area contributed by atoms with Crippen molar-refractivity contribution in [1.82, 2.24) is 0 Å². The van der Waals surface area contributed by atoms with Crippen LogP contribution in [-0.4, -0.2) is 0 Å². The SMILES string of the molecule is CCCCCCc1ccc(P=O)c(CCCCCC)c1CCCCCC. The van der Waals surface area contributed by atoms with E-state index in [1.54, 1.807) is 5.56 Å². The summed E-state index contributed by atoms with van der Waals surface area (Å²) in [6.07, 6.45) is 19.1. The summed E-state index contributed by atoms with van der Waals surface area (Å²) < 4.78 is 11.8. The van der Waals surface area contributed by atoms with Gasteiger partial charge in [0.25, 0.3) is 0 Å². The third-order valence-electron chi connectivity index (χ3n) is 5.46. The van der Waals surface area contributed by atoms with Gasteiger partial charge < -0.3 is 0 Å². The minimum Gasteiger partial charge on any atom is -0.269 e. The molecule has 0 atom stereocenters. The molecule has 1 aromatic rings. The zero-order chi connectivity index (χ0) is 19.0. The first kappa shape index (κ1) is 23.4. The van der Waals surface area contributed by atoms with Crippen LogP contribution in [0.1, 0.15) is 115 Å². The van der Waals surface area contributed by atoms with Crippen molar-refractivity contribution < 1.29 is 4.57 Å². The molecule has 0 fully saturated rings. The molecule has 1 nitrogen and oxygen atoms in total.